The molecule has 0 saturated carbocycles. The highest BCUT2D eigenvalue weighted by atomic mass is 35.5. The molecule has 7 heteroatoms. The van der Waals surface area contributed by atoms with Gasteiger partial charge in [-0.25, -0.2) is 0 Å². The minimum atomic E-state index is -0.256. The lowest BCUT2D eigenvalue weighted by Gasteiger charge is -2.31. The maximum atomic E-state index is 12.2. The van der Waals surface area contributed by atoms with E-state index in [0.717, 1.165) is 19.5 Å². The van der Waals surface area contributed by atoms with Crippen molar-refractivity contribution in [2.45, 2.75) is 25.5 Å². The number of rotatable bonds is 3. The lowest BCUT2D eigenvalue weighted by molar-refractivity contribution is 0.0475. The zero-order valence-corrected chi connectivity index (χ0v) is 12.4. The molecule has 0 spiro atoms. The fourth-order valence-corrected chi connectivity index (χ4v) is 2.63. The van der Waals surface area contributed by atoms with Crippen LogP contribution < -0.4 is 10.6 Å². The number of aromatic amines is 1. The first kappa shape index (κ1) is 14.7. The Bertz CT molecular complexity index is 476. The normalized spacial score (nSPS) is 23.4. The SMILES string of the molecule is CO[C@H]1CNCC[C@H]1NC(=O)c1[nH]c(C)c(Cl)c1Cl. The number of methoxy groups -OCH3 is 1. The van der Waals surface area contributed by atoms with Crippen LogP contribution in [0.3, 0.4) is 0 Å². The third-order valence-corrected chi connectivity index (χ3v) is 4.27. The van der Waals surface area contributed by atoms with Crippen LogP contribution in [0, 0.1) is 6.92 Å². The van der Waals surface area contributed by atoms with Crippen LogP contribution in [0.2, 0.25) is 10.0 Å². The molecule has 1 aliphatic rings. The number of aryl methyl sites for hydroxylation is 1. The van der Waals surface area contributed by atoms with Crippen molar-refractivity contribution < 1.29 is 9.53 Å². The molecule has 106 valence electrons. The average Bonchev–Trinajstić information content (AvgIpc) is 2.67. The molecule has 1 saturated heterocycles. The molecule has 0 bridgehead atoms. The van der Waals surface area contributed by atoms with Gasteiger partial charge in [0.15, 0.2) is 0 Å². The zero-order chi connectivity index (χ0) is 14.0. The minimum absolute atomic E-state index is 0.0304. The second kappa shape index (κ2) is 6.13. The van der Waals surface area contributed by atoms with Crippen LogP contribution in [0.5, 0.6) is 0 Å². The largest absolute Gasteiger partial charge is 0.378 e. The summed E-state index contributed by atoms with van der Waals surface area (Å²) in [7, 11) is 1.64. The molecule has 0 unspecified atom stereocenters. The molecule has 1 aliphatic heterocycles. The highest BCUT2D eigenvalue weighted by Crippen LogP contribution is 2.29. The predicted octanol–water partition coefficient (Wildman–Crippen LogP) is 1.74. The maximum Gasteiger partial charge on any atom is 0.269 e. The van der Waals surface area contributed by atoms with Gasteiger partial charge in [-0.05, 0) is 19.9 Å². The summed E-state index contributed by atoms with van der Waals surface area (Å²) in [5.41, 5.74) is 0.989. The average molecular weight is 306 g/mol. The van der Waals surface area contributed by atoms with E-state index in [9.17, 15) is 4.79 Å². The van der Waals surface area contributed by atoms with Gasteiger partial charge in [0.25, 0.3) is 5.91 Å². The van der Waals surface area contributed by atoms with Crippen molar-refractivity contribution >= 4 is 29.1 Å². The number of carbonyl (C=O) groups excluding carboxylic acids is 1. The van der Waals surface area contributed by atoms with Crippen LogP contribution in [-0.2, 0) is 4.74 Å². The van der Waals surface area contributed by atoms with E-state index in [-0.39, 0.29) is 23.1 Å². The molecular weight excluding hydrogens is 289 g/mol. The molecule has 0 radical (unpaired) electrons. The van der Waals surface area contributed by atoms with Gasteiger partial charge in [0.1, 0.15) is 5.69 Å². The number of carbonyl (C=O) groups is 1. The van der Waals surface area contributed by atoms with Crippen LogP contribution >= 0.6 is 23.2 Å². The van der Waals surface area contributed by atoms with Crippen LogP contribution in [0.25, 0.3) is 0 Å². The Hall–Kier alpha value is -0.750. The van der Waals surface area contributed by atoms with Crippen molar-refractivity contribution in [1.29, 1.82) is 0 Å². The Morgan fingerprint density at radius 3 is 2.74 bits per heavy atom. The van der Waals surface area contributed by atoms with E-state index in [0.29, 0.717) is 16.4 Å². The van der Waals surface area contributed by atoms with Crippen molar-refractivity contribution in [2.24, 2.45) is 0 Å². The number of aromatic nitrogens is 1. The number of ether oxygens (including phenoxy) is 1. The topological polar surface area (TPSA) is 66.2 Å². The van der Waals surface area contributed by atoms with E-state index < -0.39 is 0 Å². The first-order valence-corrected chi connectivity index (χ1v) is 6.88. The monoisotopic (exact) mass is 305 g/mol. The Morgan fingerprint density at radius 1 is 1.42 bits per heavy atom. The lowest BCUT2D eigenvalue weighted by Crippen LogP contribution is -2.53. The summed E-state index contributed by atoms with van der Waals surface area (Å²) in [6.45, 7) is 3.34. The highest BCUT2D eigenvalue weighted by molar-refractivity contribution is 6.44. The Labute approximate surface area is 122 Å². The number of piperidine rings is 1. The van der Waals surface area contributed by atoms with E-state index in [2.05, 4.69) is 15.6 Å². The van der Waals surface area contributed by atoms with E-state index in [1.54, 1.807) is 14.0 Å². The Kier molecular flexibility index (Phi) is 4.73. The second-order valence-electron chi connectivity index (χ2n) is 4.60. The molecular formula is C12H17Cl2N3O2. The van der Waals surface area contributed by atoms with Crippen LogP contribution in [0.4, 0.5) is 0 Å². The molecule has 5 nitrogen and oxygen atoms in total. The lowest BCUT2D eigenvalue weighted by atomic mass is 10.0. The van der Waals surface area contributed by atoms with Crippen molar-refractivity contribution in [2.75, 3.05) is 20.2 Å². The zero-order valence-electron chi connectivity index (χ0n) is 10.8. The first-order valence-electron chi connectivity index (χ1n) is 6.12. The quantitative estimate of drug-likeness (QED) is 0.797. The fraction of sp³-hybridized carbons (Fsp3) is 0.583. The minimum Gasteiger partial charge on any atom is -0.378 e. The summed E-state index contributed by atoms with van der Waals surface area (Å²) in [4.78, 5) is 15.1. The highest BCUT2D eigenvalue weighted by Gasteiger charge is 2.28. The molecule has 0 aromatic carbocycles. The van der Waals surface area contributed by atoms with E-state index in [1.165, 1.54) is 0 Å². The van der Waals surface area contributed by atoms with Crippen LogP contribution in [-0.4, -0.2) is 43.2 Å². The molecule has 0 aliphatic carbocycles. The van der Waals surface area contributed by atoms with Crippen molar-refractivity contribution in [3.63, 3.8) is 0 Å². The number of hydrogen-bond donors (Lipinski definition) is 3. The Morgan fingerprint density at radius 2 is 2.16 bits per heavy atom. The summed E-state index contributed by atoms with van der Waals surface area (Å²) in [5, 5.41) is 6.81. The third kappa shape index (κ3) is 3.05. The molecule has 1 aromatic rings. The number of hydrogen-bond acceptors (Lipinski definition) is 3. The Balaban J connectivity index is 2.09. The van der Waals surface area contributed by atoms with Gasteiger partial charge in [0, 0.05) is 19.3 Å². The summed E-state index contributed by atoms with van der Waals surface area (Å²) in [5.74, 6) is -0.256. The molecule has 1 aromatic heterocycles. The van der Waals surface area contributed by atoms with Crippen molar-refractivity contribution in [3.8, 4) is 0 Å². The molecule has 1 fully saturated rings. The van der Waals surface area contributed by atoms with Crippen molar-refractivity contribution in [1.82, 2.24) is 15.6 Å². The van der Waals surface area contributed by atoms with Gasteiger partial charge in [0.2, 0.25) is 0 Å². The molecule has 3 N–H and O–H groups in total. The first-order chi connectivity index (χ1) is 9.04. The van der Waals surface area contributed by atoms with E-state index in [4.69, 9.17) is 27.9 Å². The van der Waals surface area contributed by atoms with Gasteiger partial charge in [-0.15, -0.1) is 0 Å². The third-order valence-electron chi connectivity index (χ3n) is 3.33. The number of halogens is 2. The van der Waals surface area contributed by atoms with Gasteiger partial charge >= 0.3 is 0 Å². The molecule has 2 atom stereocenters. The fourth-order valence-electron chi connectivity index (χ4n) is 2.21. The van der Waals surface area contributed by atoms with E-state index >= 15 is 0 Å². The summed E-state index contributed by atoms with van der Waals surface area (Å²) >= 11 is 12.0. The number of nitrogens with one attached hydrogen (secondary N) is 3. The standard InChI is InChI=1S/C12H17Cl2N3O2/c1-6-9(13)10(14)11(16-6)12(18)17-7-3-4-15-5-8(7)19-2/h7-8,15-16H,3-5H2,1-2H3,(H,17,18)/t7-,8+/m1/s1. The van der Waals surface area contributed by atoms with Crippen LogP contribution in [0.1, 0.15) is 22.6 Å². The van der Waals surface area contributed by atoms with Gasteiger partial charge in [-0.3, -0.25) is 4.79 Å². The van der Waals surface area contributed by atoms with Gasteiger partial charge in [0.05, 0.1) is 22.2 Å². The molecule has 2 heterocycles. The summed E-state index contributed by atoms with van der Waals surface area (Å²) in [6.07, 6.45) is 0.776. The van der Waals surface area contributed by atoms with Gasteiger partial charge < -0.3 is 20.4 Å². The van der Waals surface area contributed by atoms with Gasteiger partial charge in [-0.2, -0.15) is 0 Å². The smallest absolute Gasteiger partial charge is 0.269 e. The summed E-state index contributed by atoms with van der Waals surface area (Å²) in [6, 6.07) is -0.0304. The molecule has 19 heavy (non-hydrogen) atoms. The van der Waals surface area contributed by atoms with Crippen LogP contribution in [0.15, 0.2) is 0 Å². The summed E-state index contributed by atoms with van der Waals surface area (Å²) < 4.78 is 5.35. The number of H-pyrrole nitrogens is 1. The maximum absolute atomic E-state index is 12.2. The number of amides is 1. The van der Waals surface area contributed by atoms with Crippen molar-refractivity contribution in [3.05, 3.63) is 21.4 Å². The predicted molar refractivity (Wildman–Crippen MR) is 75.1 cm³/mol. The van der Waals surface area contributed by atoms with E-state index in [1.807, 2.05) is 0 Å². The molecule has 1 amide bonds. The van der Waals surface area contributed by atoms with Gasteiger partial charge in [-0.1, -0.05) is 23.2 Å². The second-order valence-corrected chi connectivity index (χ2v) is 5.36. The molecule has 2 rings (SSSR count).